The third kappa shape index (κ3) is 3.02. The molecular weight excluding hydrogens is 320 g/mol. The molecule has 0 saturated heterocycles. The average molecular weight is 330 g/mol. The Morgan fingerprint density at radius 2 is 1.46 bits per heavy atom. The molecule has 2 heterocycles. The van der Waals surface area contributed by atoms with Crippen molar-refractivity contribution in [1.29, 1.82) is 0 Å². The molecule has 0 unspecified atom stereocenters. The van der Waals surface area contributed by atoms with Crippen molar-refractivity contribution in [3.05, 3.63) is 67.6 Å². The van der Waals surface area contributed by atoms with Crippen LogP contribution in [0.15, 0.2) is 54.8 Å². The van der Waals surface area contributed by atoms with Crippen LogP contribution in [0.2, 0.25) is 0 Å². The monoisotopic (exact) mass is 330 g/mol. The molecule has 4 rings (SSSR count). The molecular formula is C14H10N4O6. The van der Waals surface area contributed by atoms with Crippen molar-refractivity contribution >= 4 is 33.6 Å². The summed E-state index contributed by atoms with van der Waals surface area (Å²) in [7, 11) is 0. The van der Waals surface area contributed by atoms with Gasteiger partial charge in [-0.2, -0.15) is 0 Å². The van der Waals surface area contributed by atoms with E-state index in [2.05, 4.69) is 14.4 Å². The lowest BCUT2D eigenvalue weighted by Crippen LogP contribution is -1.92. The van der Waals surface area contributed by atoms with Crippen LogP contribution in [0.25, 0.3) is 22.2 Å². The molecule has 0 spiro atoms. The van der Waals surface area contributed by atoms with Crippen LogP contribution in [0.3, 0.4) is 0 Å². The van der Waals surface area contributed by atoms with Gasteiger partial charge in [0.2, 0.25) is 0 Å². The third-order valence-corrected chi connectivity index (χ3v) is 3.06. The van der Waals surface area contributed by atoms with E-state index in [4.69, 9.17) is 10.2 Å². The number of non-ortho nitro benzene ring substituents is 1. The Balaban J connectivity index is 0.000000143. The van der Waals surface area contributed by atoms with Gasteiger partial charge in [0.05, 0.1) is 22.0 Å². The smallest absolute Gasteiger partial charge is 0.408 e. The van der Waals surface area contributed by atoms with E-state index < -0.39 is 16.4 Å². The first kappa shape index (κ1) is 15.1. The van der Waals surface area contributed by atoms with Gasteiger partial charge in [0, 0.05) is 17.8 Å². The number of nitrogens with two attached hydrogens (primary N) is 1. The number of fused-ring (bicyclic) bond motifs is 2. The number of oxazole rings is 2. The molecule has 2 aromatic carbocycles. The summed E-state index contributed by atoms with van der Waals surface area (Å²) in [6.45, 7) is 0. The van der Waals surface area contributed by atoms with Crippen molar-refractivity contribution in [1.82, 2.24) is 9.97 Å². The van der Waals surface area contributed by atoms with E-state index in [9.17, 15) is 19.7 Å². The van der Waals surface area contributed by atoms with Gasteiger partial charge in [-0.15, -0.1) is 0 Å². The van der Waals surface area contributed by atoms with Gasteiger partial charge in [0.25, 0.3) is 5.69 Å². The second-order valence-electron chi connectivity index (χ2n) is 4.72. The van der Waals surface area contributed by atoms with E-state index in [0.29, 0.717) is 22.3 Å². The third-order valence-electron chi connectivity index (χ3n) is 3.06. The molecule has 122 valence electrons. The fraction of sp³-hybridized carbons (Fsp3) is 0. The summed E-state index contributed by atoms with van der Waals surface area (Å²) in [5.41, 5.74) is 7.75. The molecule has 10 heteroatoms. The molecule has 4 aromatic rings. The lowest BCUT2D eigenvalue weighted by atomic mass is 10.3. The summed E-state index contributed by atoms with van der Waals surface area (Å²) in [6, 6.07) is 8.94. The van der Waals surface area contributed by atoms with Crippen molar-refractivity contribution in [2.45, 2.75) is 0 Å². The number of hydrogen-bond donors (Lipinski definition) is 3. The molecule has 4 N–H and O–H groups in total. The van der Waals surface area contributed by atoms with Gasteiger partial charge in [0.15, 0.2) is 11.2 Å². The van der Waals surface area contributed by atoms with Crippen LogP contribution in [-0.2, 0) is 0 Å². The van der Waals surface area contributed by atoms with E-state index >= 15 is 0 Å². The second kappa shape index (κ2) is 5.76. The zero-order valence-corrected chi connectivity index (χ0v) is 11.9. The molecule has 0 aliphatic heterocycles. The largest absolute Gasteiger partial charge is 0.417 e. The molecule has 0 bridgehead atoms. The van der Waals surface area contributed by atoms with Gasteiger partial charge < -0.3 is 14.6 Å². The number of nitro groups is 1. The predicted molar refractivity (Wildman–Crippen MR) is 84.7 cm³/mol. The number of nitrogens with zero attached hydrogens (tertiary/aromatic N) is 1. The Morgan fingerprint density at radius 3 is 2.04 bits per heavy atom. The molecule has 0 atom stereocenters. The van der Waals surface area contributed by atoms with Crippen molar-refractivity contribution in [2.75, 3.05) is 5.73 Å². The Bertz CT molecular complexity index is 1150. The molecule has 0 fully saturated rings. The average Bonchev–Trinajstić information content (AvgIpc) is 3.06. The fourth-order valence-electron chi connectivity index (χ4n) is 2.01. The van der Waals surface area contributed by atoms with Crippen LogP contribution in [0.1, 0.15) is 0 Å². The number of aromatic nitrogens is 2. The molecule has 0 radical (unpaired) electrons. The summed E-state index contributed by atoms with van der Waals surface area (Å²) in [6.07, 6.45) is 0. The number of H-pyrrole nitrogens is 2. The maximum atomic E-state index is 10.7. The highest BCUT2D eigenvalue weighted by molar-refractivity contribution is 5.76. The standard InChI is InChI=1S/C7H4N2O4.C7H6N2O2/c10-7-8-5-2-1-4(9(11)12)3-6(5)13-7;8-4-1-2-5-6(3-4)11-7(10)9-5/h1-3H,(H,8,10);1-3H,8H2,(H,9,10). The molecule has 10 nitrogen and oxygen atoms in total. The van der Waals surface area contributed by atoms with E-state index in [0.717, 1.165) is 0 Å². The Kier molecular flexibility index (Phi) is 3.62. The van der Waals surface area contributed by atoms with Crippen LogP contribution < -0.4 is 17.2 Å². The number of aromatic amines is 2. The van der Waals surface area contributed by atoms with E-state index in [1.165, 1.54) is 18.2 Å². The highest BCUT2D eigenvalue weighted by Gasteiger charge is 2.08. The minimum atomic E-state index is -0.615. The normalized spacial score (nSPS) is 10.5. The first-order valence-electron chi connectivity index (χ1n) is 6.58. The van der Waals surface area contributed by atoms with Gasteiger partial charge in [-0.25, -0.2) is 9.59 Å². The molecule has 0 saturated carbocycles. The molecule has 2 aromatic heterocycles. The van der Waals surface area contributed by atoms with Crippen molar-refractivity contribution < 1.29 is 13.8 Å². The van der Waals surface area contributed by atoms with Gasteiger partial charge >= 0.3 is 11.5 Å². The van der Waals surface area contributed by atoms with Gasteiger partial charge in [-0.3, -0.25) is 20.1 Å². The van der Waals surface area contributed by atoms with Crippen LogP contribution in [0.4, 0.5) is 11.4 Å². The zero-order chi connectivity index (χ0) is 17.3. The van der Waals surface area contributed by atoms with Crippen LogP contribution in [0, 0.1) is 10.1 Å². The minimum Gasteiger partial charge on any atom is -0.408 e. The summed E-state index contributed by atoms with van der Waals surface area (Å²) < 4.78 is 9.40. The van der Waals surface area contributed by atoms with Crippen LogP contribution in [-0.4, -0.2) is 14.9 Å². The quantitative estimate of drug-likeness (QED) is 0.272. The second-order valence-corrected chi connectivity index (χ2v) is 4.72. The van der Waals surface area contributed by atoms with Crippen molar-refractivity contribution in [3.63, 3.8) is 0 Å². The Hall–Kier alpha value is -3.82. The summed E-state index contributed by atoms with van der Waals surface area (Å²) in [5.74, 6) is -1.07. The van der Waals surface area contributed by atoms with Crippen LogP contribution in [0.5, 0.6) is 0 Å². The van der Waals surface area contributed by atoms with Gasteiger partial charge in [0.1, 0.15) is 0 Å². The fourth-order valence-corrected chi connectivity index (χ4v) is 2.01. The number of anilines is 1. The molecule has 0 aliphatic rings. The van der Waals surface area contributed by atoms with E-state index in [1.807, 2.05) is 0 Å². The van der Waals surface area contributed by atoms with Crippen LogP contribution >= 0.6 is 0 Å². The van der Waals surface area contributed by atoms with Gasteiger partial charge in [-0.05, 0) is 18.2 Å². The topological polar surface area (TPSA) is 161 Å². The lowest BCUT2D eigenvalue weighted by Gasteiger charge is -1.88. The Labute approximate surface area is 131 Å². The number of nitrogens with one attached hydrogen (secondary N) is 2. The lowest BCUT2D eigenvalue weighted by molar-refractivity contribution is -0.384. The number of nitro benzene ring substituents is 1. The summed E-state index contributed by atoms with van der Waals surface area (Å²) in [5, 5.41) is 10.3. The van der Waals surface area contributed by atoms with Crippen molar-refractivity contribution in [3.8, 4) is 0 Å². The number of benzene rings is 2. The highest BCUT2D eigenvalue weighted by atomic mass is 16.6. The predicted octanol–water partition coefficient (Wildman–Crippen LogP) is 1.73. The summed E-state index contributed by atoms with van der Waals surface area (Å²) >= 11 is 0. The molecule has 0 amide bonds. The number of nitrogen functional groups attached to an aromatic ring is 1. The zero-order valence-electron chi connectivity index (χ0n) is 11.9. The molecule has 0 aliphatic carbocycles. The minimum absolute atomic E-state index is 0.102. The number of hydrogen-bond acceptors (Lipinski definition) is 7. The van der Waals surface area contributed by atoms with Gasteiger partial charge in [-0.1, -0.05) is 0 Å². The molecule has 24 heavy (non-hydrogen) atoms. The maximum absolute atomic E-state index is 10.7. The first-order chi connectivity index (χ1) is 11.4. The number of rotatable bonds is 1. The van der Waals surface area contributed by atoms with Crippen molar-refractivity contribution in [2.24, 2.45) is 0 Å². The highest BCUT2D eigenvalue weighted by Crippen LogP contribution is 2.17. The van der Waals surface area contributed by atoms with E-state index in [1.54, 1.807) is 18.2 Å². The van der Waals surface area contributed by atoms with E-state index in [-0.39, 0.29) is 11.3 Å². The SMILES string of the molecule is Nc1ccc2[nH]c(=O)oc2c1.O=c1[nH]c2ccc([N+](=O)[O-])cc2o1. The Morgan fingerprint density at radius 1 is 0.917 bits per heavy atom. The maximum Gasteiger partial charge on any atom is 0.417 e. The summed E-state index contributed by atoms with van der Waals surface area (Å²) in [4.78, 5) is 36.0. The first-order valence-corrected chi connectivity index (χ1v) is 6.58.